The topological polar surface area (TPSA) is 51.2 Å². The molecule has 25 heavy (non-hydrogen) atoms. The van der Waals surface area contributed by atoms with Crippen molar-refractivity contribution in [3.8, 4) is 5.75 Å². The molecule has 0 saturated heterocycles. The number of halogens is 2. The first-order chi connectivity index (χ1) is 12.0. The second-order valence-electron chi connectivity index (χ2n) is 5.21. The van der Waals surface area contributed by atoms with Crippen LogP contribution in [0.2, 0.25) is 10.0 Å². The van der Waals surface area contributed by atoms with Gasteiger partial charge in [-0.25, -0.2) is 4.98 Å². The van der Waals surface area contributed by atoms with Crippen molar-refractivity contribution in [2.45, 2.75) is 13.5 Å². The molecule has 0 fully saturated rings. The van der Waals surface area contributed by atoms with Crippen molar-refractivity contribution in [2.75, 3.05) is 5.32 Å². The van der Waals surface area contributed by atoms with E-state index in [-0.39, 0.29) is 5.91 Å². The van der Waals surface area contributed by atoms with E-state index in [4.69, 9.17) is 27.9 Å². The second kappa shape index (κ2) is 7.87. The Hall–Kier alpha value is -2.08. The van der Waals surface area contributed by atoms with Crippen LogP contribution in [0.15, 0.2) is 48.5 Å². The Morgan fingerprint density at radius 1 is 1.16 bits per heavy atom. The number of para-hydroxylation sites is 1. The predicted octanol–water partition coefficient (Wildman–Crippen LogP) is 5.59. The number of hydrogen-bond donors (Lipinski definition) is 1. The fourth-order valence-electron chi connectivity index (χ4n) is 2.15. The molecule has 1 N–H and O–H groups in total. The van der Waals surface area contributed by atoms with Crippen LogP contribution in [0.5, 0.6) is 5.75 Å². The van der Waals surface area contributed by atoms with Crippen LogP contribution in [-0.4, -0.2) is 10.9 Å². The van der Waals surface area contributed by atoms with E-state index in [9.17, 15) is 4.79 Å². The summed E-state index contributed by atoms with van der Waals surface area (Å²) in [6.07, 6.45) is 0. The van der Waals surface area contributed by atoms with E-state index >= 15 is 0 Å². The first kappa shape index (κ1) is 17.7. The number of nitrogens with one attached hydrogen (secondary N) is 1. The Morgan fingerprint density at radius 2 is 1.92 bits per heavy atom. The number of ether oxygens (including phenoxy) is 1. The summed E-state index contributed by atoms with van der Waals surface area (Å²) in [6, 6.07) is 14.4. The summed E-state index contributed by atoms with van der Waals surface area (Å²) in [7, 11) is 0. The molecule has 0 aliphatic heterocycles. The zero-order chi connectivity index (χ0) is 17.8. The molecule has 1 aromatic heterocycles. The summed E-state index contributed by atoms with van der Waals surface area (Å²) in [5, 5.41) is 4.36. The first-order valence-corrected chi connectivity index (χ1v) is 9.01. The molecule has 0 spiro atoms. The predicted molar refractivity (Wildman–Crippen MR) is 102 cm³/mol. The molecule has 7 heteroatoms. The summed E-state index contributed by atoms with van der Waals surface area (Å²) in [6.45, 7) is 2.11. The van der Waals surface area contributed by atoms with E-state index in [1.165, 1.54) is 11.3 Å². The normalized spacial score (nSPS) is 10.5. The van der Waals surface area contributed by atoms with Crippen LogP contribution in [-0.2, 0) is 6.61 Å². The van der Waals surface area contributed by atoms with Gasteiger partial charge in [0.15, 0.2) is 0 Å². The maximum absolute atomic E-state index is 12.5. The molecule has 128 valence electrons. The van der Waals surface area contributed by atoms with Crippen LogP contribution in [0.1, 0.15) is 20.4 Å². The lowest BCUT2D eigenvalue weighted by molar-refractivity contribution is 0.103. The number of nitrogens with zero attached hydrogens (tertiary/aromatic N) is 1. The number of rotatable bonds is 5. The highest BCUT2D eigenvalue weighted by molar-refractivity contribution is 7.13. The van der Waals surface area contributed by atoms with Crippen LogP contribution < -0.4 is 10.1 Å². The highest BCUT2D eigenvalue weighted by Gasteiger charge is 2.16. The van der Waals surface area contributed by atoms with Crippen molar-refractivity contribution in [2.24, 2.45) is 0 Å². The molecule has 3 rings (SSSR count). The third-order valence-electron chi connectivity index (χ3n) is 3.33. The van der Waals surface area contributed by atoms with E-state index in [1.54, 1.807) is 25.1 Å². The van der Waals surface area contributed by atoms with Crippen molar-refractivity contribution in [3.63, 3.8) is 0 Å². The standard InChI is InChI=1S/C18H14Cl2N2O2S/c1-11-17(18(23)22-12-7-8-14(19)15(20)9-12)25-16(21-11)10-24-13-5-3-2-4-6-13/h2-9H,10H2,1H3,(H,22,23). The van der Waals surface area contributed by atoms with Gasteiger partial charge >= 0.3 is 0 Å². The summed E-state index contributed by atoms with van der Waals surface area (Å²) in [4.78, 5) is 17.4. The minimum absolute atomic E-state index is 0.237. The van der Waals surface area contributed by atoms with Crippen molar-refractivity contribution < 1.29 is 9.53 Å². The van der Waals surface area contributed by atoms with Gasteiger partial charge < -0.3 is 10.1 Å². The number of carbonyl (C=O) groups is 1. The SMILES string of the molecule is Cc1nc(COc2ccccc2)sc1C(=O)Nc1ccc(Cl)c(Cl)c1. The maximum atomic E-state index is 12.5. The third-order valence-corrected chi connectivity index (χ3v) is 5.20. The van der Waals surface area contributed by atoms with Crippen molar-refractivity contribution in [3.05, 3.63) is 74.2 Å². The van der Waals surface area contributed by atoms with Gasteiger partial charge in [0, 0.05) is 5.69 Å². The summed E-state index contributed by atoms with van der Waals surface area (Å²) < 4.78 is 5.67. The molecule has 0 aliphatic rings. The Bertz CT molecular complexity index is 897. The Balaban J connectivity index is 1.68. The van der Waals surface area contributed by atoms with E-state index in [0.29, 0.717) is 32.9 Å². The Kier molecular flexibility index (Phi) is 5.58. The molecule has 4 nitrogen and oxygen atoms in total. The lowest BCUT2D eigenvalue weighted by atomic mass is 10.3. The molecule has 0 bridgehead atoms. The summed E-state index contributed by atoms with van der Waals surface area (Å²) >= 11 is 13.2. The number of aryl methyl sites for hydroxylation is 1. The summed E-state index contributed by atoms with van der Waals surface area (Å²) in [5.74, 6) is 0.525. The van der Waals surface area contributed by atoms with Crippen LogP contribution >= 0.6 is 34.5 Å². The summed E-state index contributed by atoms with van der Waals surface area (Å²) in [5.41, 5.74) is 1.24. The molecule has 2 aromatic carbocycles. The minimum Gasteiger partial charge on any atom is -0.486 e. The van der Waals surface area contributed by atoms with Gasteiger partial charge in [-0.15, -0.1) is 11.3 Å². The van der Waals surface area contributed by atoms with E-state index in [0.717, 1.165) is 10.8 Å². The highest BCUT2D eigenvalue weighted by Crippen LogP contribution is 2.26. The van der Waals surface area contributed by atoms with E-state index in [2.05, 4.69) is 10.3 Å². The molecular weight excluding hydrogens is 379 g/mol. The molecule has 0 saturated carbocycles. The van der Waals surface area contributed by atoms with E-state index < -0.39 is 0 Å². The van der Waals surface area contributed by atoms with Gasteiger partial charge in [-0.2, -0.15) is 0 Å². The fourth-order valence-corrected chi connectivity index (χ4v) is 3.32. The maximum Gasteiger partial charge on any atom is 0.267 e. The second-order valence-corrected chi connectivity index (χ2v) is 7.10. The minimum atomic E-state index is -0.237. The molecule has 0 unspecified atom stereocenters. The zero-order valence-electron chi connectivity index (χ0n) is 13.3. The average Bonchev–Trinajstić information content (AvgIpc) is 2.98. The molecule has 1 heterocycles. The molecule has 1 amide bonds. The van der Waals surface area contributed by atoms with Crippen LogP contribution in [0.3, 0.4) is 0 Å². The van der Waals surface area contributed by atoms with Crippen LogP contribution in [0.4, 0.5) is 5.69 Å². The number of amides is 1. The molecule has 0 atom stereocenters. The molecule has 3 aromatic rings. The highest BCUT2D eigenvalue weighted by atomic mass is 35.5. The van der Waals surface area contributed by atoms with Gasteiger partial charge in [-0.3, -0.25) is 4.79 Å². The number of aromatic nitrogens is 1. The number of anilines is 1. The van der Waals surface area contributed by atoms with Gasteiger partial charge in [0.1, 0.15) is 22.2 Å². The van der Waals surface area contributed by atoms with Crippen molar-refractivity contribution >= 4 is 46.1 Å². The quantitative estimate of drug-likeness (QED) is 0.615. The molecule has 0 aliphatic carbocycles. The number of thiazole rings is 1. The number of benzene rings is 2. The Labute approximate surface area is 159 Å². The van der Waals surface area contributed by atoms with Gasteiger partial charge in [-0.1, -0.05) is 41.4 Å². The van der Waals surface area contributed by atoms with Crippen LogP contribution in [0.25, 0.3) is 0 Å². The van der Waals surface area contributed by atoms with Gasteiger partial charge in [0.25, 0.3) is 5.91 Å². The monoisotopic (exact) mass is 392 g/mol. The smallest absolute Gasteiger partial charge is 0.267 e. The largest absolute Gasteiger partial charge is 0.486 e. The molecular formula is C18H14Cl2N2O2S. The van der Waals surface area contributed by atoms with Crippen LogP contribution in [0, 0.1) is 6.92 Å². The van der Waals surface area contributed by atoms with Gasteiger partial charge in [-0.05, 0) is 37.3 Å². The number of carbonyl (C=O) groups excluding carboxylic acids is 1. The molecule has 0 radical (unpaired) electrons. The van der Waals surface area contributed by atoms with Crippen molar-refractivity contribution in [1.29, 1.82) is 0 Å². The van der Waals surface area contributed by atoms with E-state index in [1.807, 2.05) is 30.3 Å². The lowest BCUT2D eigenvalue weighted by Gasteiger charge is -2.05. The zero-order valence-corrected chi connectivity index (χ0v) is 15.6. The van der Waals surface area contributed by atoms with Gasteiger partial charge in [0.05, 0.1) is 15.7 Å². The third kappa shape index (κ3) is 4.51. The Morgan fingerprint density at radius 3 is 2.64 bits per heavy atom. The lowest BCUT2D eigenvalue weighted by Crippen LogP contribution is -2.11. The van der Waals surface area contributed by atoms with Gasteiger partial charge in [0.2, 0.25) is 0 Å². The van der Waals surface area contributed by atoms with Crippen molar-refractivity contribution in [1.82, 2.24) is 4.98 Å². The first-order valence-electron chi connectivity index (χ1n) is 7.43. The fraction of sp³-hybridized carbons (Fsp3) is 0.111. The average molecular weight is 393 g/mol. The number of hydrogen-bond acceptors (Lipinski definition) is 4.